The molecule has 0 saturated heterocycles. The molecule has 0 atom stereocenters. The van der Waals surface area contributed by atoms with Gasteiger partial charge in [-0.05, 0) is 10.6 Å². The van der Waals surface area contributed by atoms with E-state index in [-0.39, 0.29) is 11.6 Å². The van der Waals surface area contributed by atoms with E-state index in [4.69, 9.17) is 4.42 Å². The largest absolute Gasteiger partial charge is 0.473 e. The third-order valence-electron chi connectivity index (χ3n) is 4.87. The molecule has 3 nitrogen and oxygen atoms in total. The lowest BCUT2D eigenvalue weighted by Crippen LogP contribution is -2.50. The zero-order chi connectivity index (χ0) is 16.5. The second-order valence-electron chi connectivity index (χ2n) is 7.20. The smallest absolute Gasteiger partial charge is 0.150 e. The van der Waals surface area contributed by atoms with E-state index in [0.29, 0.717) is 5.56 Å². The number of aliphatic hydroxyl groups is 1. The zero-order valence-electron chi connectivity index (χ0n) is 13.9. The number of carbonyl (C=O) groups excluding carboxylic acids is 1. The van der Waals surface area contributed by atoms with Crippen molar-refractivity contribution in [2.45, 2.75) is 45.5 Å². The summed E-state index contributed by atoms with van der Waals surface area (Å²) in [5.74, 6) is 0. The minimum atomic E-state index is -1.90. The molecule has 0 unspecified atom stereocenters. The van der Waals surface area contributed by atoms with Crippen molar-refractivity contribution < 1.29 is 14.3 Å². The van der Waals surface area contributed by atoms with E-state index >= 15 is 0 Å². The SMILES string of the molecule is CC(C)(C)[Si](C)(C)c1occ(-c2ccccc2C=O)c1CO. The van der Waals surface area contributed by atoms with Gasteiger partial charge in [0.2, 0.25) is 0 Å². The summed E-state index contributed by atoms with van der Waals surface area (Å²) in [6, 6.07) is 7.40. The van der Waals surface area contributed by atoms with Crippen LogP contribution in [-0.4, -0.2) is 19.5 Å². The van der Waals surface area contributed by atoms with Crippen LogP contribution in [0.4, 0.5) is 0 Å². The summed E-state index contributed by atoms with van der Waals surface area (Å²) in [5.41, 5.74) is 3.07. The molecule has 0 bridgehead atoms. The van der Waals surface area contributed by atoms with E-state index in [9.17, 15) is 9.90 Å². The fourth-order valence-corrected chi connectivity index (χ4v) is 4.48. The lowest BCUT2D eigenvalue weighted by Gasteiger charge is -2.35. The van der Waals surface area contributed by atoms with Gasteiger partial charge in [0.15, 0.2) is 6.29 Å². The van der Waals surface area contributed by atoms with Crippen molar-refractivity contribution in [3.8, 4) is 11.1 Å². The molecule has 1 heterocycles. The maximum absolute atomic E-state index is 11.3. The molecule has 0 aliphatic carbocycles. The first-order chi connectivity index (χ1) is 10.2. The summed E-state index contributed by atoms with van der Waals surface area (Å²) >= 11 is 0. The van der Waals surface area contributed by atoms with Gasteiger partial charge >= 0.3 is 0 Å². The second kappa shape index (κ2) is 5.86. The van der Waals surface area contributed by atoms with Crippen molar-refractivity contribution in [3.05, 3.63) is 41.7 Å². The number of aliphatic hydroxyl groups excluding tert-OH is 1. The van der Waals surface area contributed by atoms with E-state index in [1.807, 2.05) is 18.2 Å². The lowest BCUT2D eigenvalue weighted by atomic mass is 10.00. The quantitative estimate of drug-likeness (QED) is 0.686. The van der Waals surface area contributed by atoms with Crippen LogP contribution in [0.5, 0.6) is 0 Å². The predicted octanol–water partition coefficient (Wildman–Crippen LogP) is 3.97. The minimum absolute atomic E-state index is 0.0825. The molecule has 22 heavy (non-hydrogen) atoms. The maximum Gasteiger partial charge on any atom is 0.150 e. The number of hydrogen-bond donors (Lipinski definition) is 1. The van der Waals surface area contributed by atoms with Crippen molar-refractivity contribution in [1.29, 1.82) is 0 Å². The Labute approximate surface area is 133 Å². The number of hydrogen-bond acceptors (Lipinski definition) is 3. The van der Waals surface area contributed by atoms with Gasteiger partial charge in [-0.25, -0.2) is 0 Å². The van der Waals surface area contributed by atoms with E-state index in [1.54, 1.807) is 12.3 Å². The van der Waals surface area contributed by atoms with E-state index in [0.717, 1.165) is 28.4 Å². The Morgan fingerprint density at radius 1 is 1.18 bits per heavy atom. The monoisotopic (exact) mass is 316 g/mol. The average molecular weight is 316 g/mol. The molecule has 2 aromatic rings. The van der Waals surface area contributed by atoms with Crippen LogP contribution in [0, 0.1) is 0 Å². The van der Waals surface area contributed by atoms with Gasteiger partial charge in [0.25, 0.3) is 0 Å². The Balaban J connectivity index is 2.65. The molecule has 0 spiro atoms. The molecule has 0 aliphatic heterocycles. The molecule has 0 saturated carbocycles. The van der Waals surface area contributed by atoms with Gasteiger partial charge in [-0.3, -0.25) is 4.79 Å². The third-order valence-corrected chi connectivity index (χ3v) is 10.2. The molecule has 0 radical (unpaired) electrons. The van der Waals surface area contributed by atoms with Gasteiger partial charge in [0.05, 0.1) is 18.3 Å². The highest BCUT2D eigenvalue weighted by Crippen LogP contribution is 2.38. The first-order valence-corrected chi connectivity index (χ1v) is 10.5. The van der Waals surface area contributed by atoms with Crippen molar-refractivity contribution in [1.82, 2.24) is 0 Å². The second-order valence-corrected chi connectivity index (χ2v) is 12.4. The summed E-state index contributed by atoms with van der Waals surface area (Å²) in [6.07, 6.45) is 2.53. The van der Waals surface area contributed by atoms with Crippen LogP contribution in [0.2, 0.25) is 18.1 Å². The Bertz CT molecular complexity index is 678. The van der Waals surface area contributed by atoms with E-state index in [2.05, 4.69) is 33.9 Å². The number of benzene rings is 1. The topological polar surface area (TPSA) is 50.4 Å². The molecular formula is C18H24O3Si. The van der Waals surface area contributed by atoms with Gasteiger partial charge in [0.1, 0.15) is 8.07 Å². The highest BCUT2D eigenvalue weighted by molar-refractivity contribution is 6.91. The van der Waals surface area contributed by atoms with E-state index < -0.39 is 8.07 Å². The number of rotatable bonds is 4. The van der Waals surface area contributed by atoms with Crippen LogP contribution in [-0.2, 0) is 6.61 Å². The van der Waals surface area contributed by atoms with Crippen LogP contribution in [0.3, 0.4) is 0 Å². The fraction of sp³-hybridized carbons (Fsp3) is 0.389. The molecule has 1 aromatic carbocycles. The summed E-state index contributed by atoms with van der Waals surface area (Å²) in [5, 5.41) is 10.9. The molecule has 2 rings (SSSR count). The molecule has 4 heteroatoms. The average Bonchev–Trinajstić information content (AvgIpc) is 2.90. The highest BCUT2D eigenvalue weighted by Gasteiger charge is 2.42. The van der Waals surface area contributed by atoms with Gasteiger partial charge < -0.3 is 9.52 Å². The van der Waals surface area contributed by atoms with Crippen molar-refractivity contribution in [3.63, 3.8) is 0 Å². The maximum atomic E-state index is 11.3. The van der Waals surface area contributed by atoms with E-state index in [1.165, 1.54) is 0 Å². The summed E-state index contributed by atoms with van der Waals surface area (Å²) in [4.78, 5) is 11.3. The number of aldehydes is 1. The Morgan fingerprint density at radius 3 is 2.36 bits per heavy atom. The summed E-state index contributed by atoms with van der Waals surface area (Å²) in [7, 11) is -1.90. The molecule has 1 N–H and O–H groups in total. The Morgan fingerprint density at radius 2 is 1.82 bits per heavy atom. The molecule has 1 aromatic heterocycles. The summed E-state index contributed by atoms with van der Waals surface area (Å²) < 4.78 is 5.92. The predicted molar refractivity (Wildman–Crippen MR) is 92.3 cm³/mol. The van der Waals surface area contributed by atoms with Gasteiger partial charge in [-0.2, -0.15) is 0 Å². The van der Waals surface area contributed by atoms with Crippen LogP contribution in [0.15, 0.2) is 34.9 Å². The first-order valence-electron chi connectivity index (χ1n) is 7.50. The molecule has 118 valence electrons. The number of carbonyl (C=O) groups is 1. The third kappa shape index (κ3) is 2.68. The molecule has 0 aliphatic rings. The molecular weight excluding hydrogens is 292 g/mol. The normalized spacial score (nSPS) is 12.5. The van der Waals surface area contributed by atoms with Crippen molar-refractivity contribution >= 4 is 19.7 Å². The van der Waals surface area contributed by atoms with Crippen molar-refractivity contribution in [2.75, 3.05) is 0 Å². The highest BCUT2D eigenvalue weighted by atomic mass is 28.3. The molecule has 0 amide bonds. The Hall–Kier alpha value is -1.65. The van der Waals surface area contributed by atoms with Crippen LogP contribution in [0.25, 0.3) is 11.1 Å². The van der Waals surface area contributed by atoms with Crippen LogP contribution >= 0.6 is 0 Å². The van der Waals surface area contributed by atoms with Gasteiger partial charge in [0, 0.05) is 16.7 Å². The fourth-order valence-electron chi connectivity index (χ4n) is 2.48. The first kappa shape index (κ1) is 16.7. The van der Waals surface area contributed by atoms with Crippen molar-refractivity contribution in [2.24, 2.45) is 0 Å². The molecule has 0 fully saturated rings. The standard InChI is InChI=1S/C18H24O3Si/c1-18(2,3)22(4,5)17-15(11-20)16(12-21-17)14-9-7-6-8-13(14)10-19/h6-10,12,20H,11H2,1-5H3. The van der Waals surface area contributed by atoms with Crippen LogP contribution < -0.4 is 5.38 Å². The minimum Gasteiger partial charge on any atom is -0.473 e. The number of furan rings is 1. The summed E-state index contributed by atoms with van der Waals surface area (Å²) in [6.45, 7) is 11.0. The van der Waals surface area contributed by atoms with Gasteiger partial charge in [-0.1, -0.05) is 58.1 Å². The lowest BCUT2D eigenvalue weighted by molar-refractivity contribution is 0.112. The van der Waals surface area contributed by atoms with Gasteiger partial charge in [-0.15, -0.1) is 0 Å². The Kier molecular flexibility index (Phi) is 4.45. The zero-order valence-corrected chi connectivity index (χ0v) is 14.9. The van der Waals surface area contributed by atoms with Crippen LogP contribution in [0.1, 0.15) is 36.7 Å².